The van der Waals surface area contributed by atoms with Crippen molar-refractivity contribution in [2.75, 3.05) is 34.9 Å². The summed E-state index contributed by atoms with van der Waals surface area (Å²) in [6.45, 7) is -0.487. The van der Waals surface area contributed by atoms with Crippen molar-refractivity contribution in [1.29, 1.82) is 0 Å². The van der Waals surface area contributed by atoms with Gasteiger partial charge in [-0.1, -0.05) is 0 Å². The molecule has 0 saturated heterocycles. The van der Waals surface area contributed by atoms with E-state index in [9.17, 15) is 8.78 Å². The van der Waals surface area contributed by atoms with E-state index in [1.165, 1.54) is 40.5 Å². The molecule has 18 heavy (non-hydrogen) atoms. The molecule has 4 nitrogen and oxygen atoms in total. The number of nitrogens with one attached hydrogen (secondary N) is 1. The SMILES string of the molecule is CNCC(F)(F)c1cc(OC)c(OC)cc1OC. The number of halogens is 2. The highest BCUT2D eigenvalue weighted by molar-refractivity contribution is 5.52. The van der Waals surface area contributed by atoms with Crippen molar-refractivity contribution in [1.82, 2.24) is 5.32 Å². The molecular weight excluding hydrogens is 244 g/mol. The largest absolute Gasteiger partial charge is 0.496 e. The van der Waals surface area contributed by atoms with Gasteiger partial charge < -0.3 is 19.5 Å². The third kappa shape index (κ3) is 2.81. The first-order chi connectivity index (χ1) is 8.50. The molecule has 0 saturated carbocycles. The van der Waals surface area contributed by atoms with Crippen LogP contribution in [0.1, 0.15) is 5.56 Å². The van der Waals surface area contributed by atoms with Gasteiger partial charge in [0.15, 0.2) is 11.5 Å². The molecule has 0 spiro atoms. The van der Waals surface area contributed by atoms with Crippen molar-refractivity contribution >= 4 is 0 Å². The average molecular weight is 261 g/mol. The molecule has 1 rings (SSSR count). The Bertz CT molecular complexity index is 411. The molecule has 0 aliphatic carbocycles. The summed E-state index contributed by atoms with van der Waals surface area (Å²) in [7, 11) is 5.62. The number of rotatable bonds is 6. The molecule has 1 aromatic carbocycles. The number of hydrogen-bond donors (Lipinski definition) is 1. The lowest BCUT2D eigenvalue weighted by atomic mass is 10.1. The van der Waals surface area contributed by atoms with E-state index >= 15 is 0 Å². The molecule has 0 aromatic heterocycles. The summed E-state index contributed by atoms with van der Waals surface area (Å²) in [6, 6.07) is 2.62. The van der Waals surface area contributed by atoms with Gasteiger partial charge >= 0.3 is 0 Å². The summed E-state index contributed by atoms with van der Waals surface area (Å²) < 4.78 is 42.9. The minimum Gasteiger partial charge on any atom is -0.496 e. The molecule has 0 bridgehead atoms. The highest BCUT2D eigenvalue weighted by atomic mass is 19.3. The van der Waals surface area contributed by atoms with E-state index in [0.717, 1.165) is 0 Å². The number of alkyl halides is 2. The lowest BCUT2D eigenvalue weighted by Gasteiger charge is -2.21. The quantitative estimate of drug-likeness (QED) is 0.850. The summed E-state index contributed by atoms with van der Waals surface area (Å²) in [5.74, 6) is -2.41. The molecule has 0 radical (unpaired) electrons. The van der Waals surface area contributed by atoms with E-state index in [2.05, 4.69) is 5.32 Å². The van der Waals surface area contributed by atoms with E-state index in [1.807, 2.05) is 0 Å². The van der Waals surface area contributed by atoms with E-state index in [0.29, 0.717) is 5.75 Å². The molecule has 6 heteroatoms. The molecule has 0 amide bonds. The van der Waals surface area contributed by atoms with Crippen molar-refractivity contribution in [2.45, 2.75) is 5.92 Å². The Hall–Kier alpha value is -1.56. The zero-order valence-corrected chi connectivity index (χ0v) is 10.8. The van der Waals surface area contributed by atoms with Gasteiger partial charge in [-0.2, -0.15) is 8.78 Å². The van der Waals surface area contributed by atoms with Gasteiger partial charge in [0.25, 0.3) is 5.92 Å². The molecular formula is C12H17F2NO3. The third-order valence-corrected chi connectivity index (χ3v) is 2.50. The molecule has 0 aliphatic rings. The molecule has 102 valence electrons. The number of ether oxygens (including phenoxy) is 3. The Morgan fingerprint density at radius 3 is 1.94 bits per heavy atom. The first-order valence-corrected chi connectivity index (χ1v) is 5.33. The van der Waals surface area contributed by atoms with Crippen molar-refractivity contribution in [3.63, 3.8) is 0 Å². The van der Waals surface area contributed by atoms with Gasteiger partial charge in [0, 0.05) is 6.07 Å². The maximum Gasteiger partial charge on any atom is 0.289 e. The Labute approximate surface area is 105 Å². The van der Waals surface area contributed by atoms with Gasteiger partial charge in [-0.15, -0.1) is 0 Å². The van der Waals surface area contributed by atoms with E-state index in [1.54, 1.807) is 0 Å². The van der Waals surface area contributed by atoms with Gasteiger partial charge in [-0.05, 0) is 13.1 Å². The highest BCUT2D eigenvalue weighted by Gasteiger charge is 2.35. The van der Waals surface area contributed by atoms with E-state index < -0.39 is 12.5 Å². The minimum atomic E-state index is -3.06. The fourth-order valence-electron chi connectivity index (χ4n) is 1.63. The van der Waals surface area contributed by atoms with Crippen molar-refractivity contribution in [2.24, 2.45) is 0 Å². The van der Waals surface area contributed by atoms with Gasteiger partial charge in [-0.25, -0.2) is 0 Å². The van der Waals surface area contributed by atoms with E-state index in [4.69, 9.17) is 14.2 Å². The summed E-state index contributed by atoms with van der Waals surface area (Å²) in [4.78, 5) is 0. The van der Waals surface area contributed by atoms with Crippen LogP contribution in [-0.2, 0) is 5.92 Å². The number of likely N-dealkylation sites (N-methyl/N-ethyl adjacent to an activating group) is 1. The molecule has 0 heterocycles. The Kier molecular flexibility index (Phi) is 4.72. The zero-order chi connectivity index (χ0) is 13.8. The summed E-state index contributed by atoms with van der Waals surface area (Å²) in [5.41, 5.74) is -0.239. The van der Waals surface area contributed by atoms with Gasteiger partial charge in [0.2, 0.25) is 0 Å². The van der Waals surface area contributed by atoms with Crippen LogP contribution in [0.3, 0.4) is 0 Å². The lowest BCUT2D eigenvalue weighted by molar-refractivity contribution is -0.00366. The normalized spacial score (nSPS) is 11.2. The van der Waals surface area contributed by atoms with Crippen LogP contribution in [0.25, 0.3) is 0 Å². The second-order valence-corrected chi connectivity index (χ2v) is 3.64. The predicted molar refractivity (Wildman–Crippen MR) is 63.9 cm³/mol. The van der Waals surface area contributed by atoms with Gasteiger partial charge in [0.05, 0.1) is 33.4 Å². The molecule has 0 fully saturated rings. The second kappa shape index (κ2) is 5.86. The molecule has 0 aliphatic heterocycles. The monoisotopic (exact) mass is 261 g/mol. The standard InChI is InChI=1S/C12H17F2NO3/c1-15-7-12(13,14)8-5-10(17-3)11(18-4)6-9(8)16-2/h5-6,15H,7H2,1-4H3. The Balaban J connectivity index is 3.33. The first kappa shape index (κ1) is 14.5. The van der Waals surface area contributed by atoms with Crippen molar-refractivity contribution in [3.05, 3.63) is 17.7 Å². The lowest BCUT2D eigenvalue weighted by Crippen LogP contribution is -2.28. The predicted octanol–water partition coefficient (Wildman–Crippen LogP) is 2.02. The van der Waals surface area contributed by atoms with Crippen LogP contribution in [0.5, 0.6) is 17.2 Å². The summed E-state index contributed by atoms with van der Waals surface area (Å²) >= 11 is 0. The van der Waals surface area contributed by atoms with Crippen LogP contribution in [0.4, 0.5) is 8.78 Å². The average Bonchev–Trinajstić information content (AvgIpc) is 2.36. The molecule has 1 aromatic rings. The van der Waals surface area contributed by atoms with Crippen molar-refractivity contribution in [3.8, 4) is 17.2 Å². The van der Waals surface area contributed by atoms with E-state index in [-0.39, 0.29) is 17.1 Å². The van der Waals surface area contributed by atoms with Crippen LogP contribution in [0, 0.1) is 0 Å². The molecule has 1 N–H and O–H groups in total. The summed E-state index contributed by atoms with van der Waals surface area (Å²) in [5, 5.41) is 2.45. The van der Waals surface area contributed by atoms with Crippen LogP contribution < -0.4 is 19.5 Å². The molecule has 0 atom stereocenters. The second-order valence-electron chi connectivity index (χ2n) is 3.64. The maximum absolute atomic E-state index is 13.9. The van der Waals surface area contributed by atoms with Gasteiger partial charge in [-0.3, -0.25) is 0 Å². The van der Waals surface area contributed by atoms with Crippen LogP contribution in [0.15, 0.2) is 12.1 Å². The zero-order valence-electron chi connectivity index (χ0n) is 10.8. The summed E-state index contributed by atoms with van der Waals surface area (Å²) in [6.07, 6.45) is 0. The van der Waals surface area contributed by atoms with Crippen LogP contribution in [0.2, 0.25) is 0 Å². The first-order valence-electron chi connectivity index (χ1n) is 5.33. The molecule has 0 unspecified atom stereocenters. The van der Waals surface area contributed by atoms with Crippen LogP contribution in [-0.4, -0.2) is 34.9 Å². The van der Waals surface area contributed by atoms with Crippen molar-refractivity contribution < 1.29 is 23.0 Å². The Morgan fingerprint density at radius 1 is 1.00 bits per heavy atom. The number of hydrogen-bond acceptors (Lipinski definition) is 4. The Morgan fingerprint density at radius 2 is 1.50 bits per heavy atom. The maximum atomic E-state index is 13.9. The minimum absolute atomic E-state index is 0.0629. The third-order valence-electron chi connectivity index (χ3n) is 2.50. The number of methoxy groups -OCH3 is 3. The fourth-order valence-corrected chi connectivity index (χ4v) is 1.63. The number of benzene rings is 1. The highest BCUT2D eigenvalue weighted by Crippen LogP contribution is 2.41. The van der Waals surface area contributed by atoms with Crippen LogP contribution >= 0.6 is 0 Å². The fraction of sp³-hybridized carbons (Fsp3) is 0.500. The van der Waals surface area contributed by atoms with Gasteiger partial charge in [0.1, 0.15) is 5.75 Å². The smallest absolute Gasteiger partial charge is 0.289 e. The topological polar surface area (TPSA) is 39.7 Å².